The summed E-state index contributed by atoms with van der Waals surface area (Å²) >= 11 is 0. The molecule has 19 heavy (non-hydrogen) atoms. The van der Waals surface area contributed by atoms with Crippen LogP contribution in [-0.2, 0) is 0 Å². The number of hydrogen-bond acceptors (Lipinski definition) is 5. The normalized spacial score (nSPS) is 11.2. The molecule has 3 aromatic heterocycles. The predicted octanol–water partition coefficient (Wildman–Crippen LogP) is 2.64. The molecule has 0 unspecified atom stereocenters. The highest BCUT2D eigenvalue weighted by Gasteiger charge is 2.16. The fourth-order valence-electron chi connectivity index (χ4n) is 1.88. The van der Waals surface area contributed by atoms with E-state index in [2.05, 4.69) is 15.3 Å². The van der Waals surface area contributed by atoms with Crippen LogP contribution in [0.15, 0.2) is 57.6 Å². The standard InChI is InChI=1S/C13H8N4O2/c1-2-5-9(6-3-1)11-14-15-13-17(11)16-12(19-13)10-7-4-8-18-10/h1-8H. The summed E-state index contributed by atoms with van der Waals surface area (Å²) in [6, 6.07) is 13.3. The van der Waals surface area contributed by atoms with Gasteiger partial charge in [0.25, 0.3) is 5.89 Å². The Balaban J connectivity index is 1.90. The number of aromatic nitrogens is 4. The van der Waals surface area contributed by atoms with E-state index < -0.39 is 0 Å². The Morgan fingerprint density at radius 3 is 2.63 bits per heavy atom. The van der Waals surface area contributed by atoms with Gasteiger partial charge in [-0.25, -0.2) is 0 Å². The summed E-state index contributed by atoms with van der Waals surface area (Å²) in [6.07, 6.45) is 1.57. The Labute approximate surface area is 107 Å². The second kappa shape index (κ2) is 3.81. The molecule has 0 amide bonds. The summed E-state index contributed by atoms with van der Waals surface area (Å²) in [5.41, 5.74) is 0.925. The van der Waals surface area contributed by atoms with Gasteiger partial charge in [0.15, 0.2) is 11.6 Å². The van der Waals surface area contributed by atoms with Crippen LogP contribution >= 0.6 is 0 Å². The lowest BCUT2D eigenvalue weighted by molar-refractivity contribution is 0.530. The first-order valence-electron chi connectivity index (χ1n) is 5.73. The highest BCUT2D eigenvalue weighted by Crippen LogP contribution is 2.23. The summed E-state index contributed by atoms with van der Waals surface area (Å²) in [5, 5.41) is 12.4. The third-order valence-corrected chi connectivity index (χ3v) is 2.75. The summed E-state index contributed by atoms with van der Waals surface area (Å²) in [5.74, 6) is 1.92. The van der Waals surface area contributed by atoms with Gasteiger partial charge >= 0.3 is 5.84 Å². The maximum atomic E-state index is 5.50. The van der Waals surface area contributed by atoms with E-state index in [-0.39, 0.29) is 0 Å². The lowest BCUT2D eigenvalue weighted by atomic mass is 10.2. The van der Waals surface area contributed by atoms with E-state index in [4.69, 9.17) is 8.83 Å². The summed E-state index contributed by atoms with van der Waals surface area (Å²) in [4.78, 5) is 0. The van der Waals surface area contributed by atoms with Crippen LogP contribution in [-0.4, -0.2) is 19.8 Å². The van der Waals surface area contributed by atoms with Crippen LogP contribution in [0, 0.1) is 0 Å². The van der Waals surface area contributed by atoms with Crippen LogP contribution < -0.4 is 0 Å². The van der Waals surface area contributed by atoms with Crippen LogP contribution in [0.25, 0.3) is 28.9 Å². The van der Waals surface area contributed by atoms with E-state index in [9.17, 15) is 0 Å². The Morgan fingerprint density at radius 2 is 1.84 bits per heavy atom. The van der Waals surface area contributed by atoms with Crippen LogP contribution in [0.4, 0.5) is 0 Å². The quantitative estimate of drug-likeness (QED) is 0.548. The molecule has 6 heteroatoms. The third-order valence-electron chi connectivity index (χ3n) is 2.75. The van der Waals surface area contributed by atoms with Gasteiger partial charge in [-0.2, -0.15) is 4.52 Å². The molecule has 0 saturated carbocycles. The molecule has 0 spiro atoms. The zero-order valence-corrected chi connectivity index (χ0v) is 9.72. The van der Waals surface area contributed by atoms with E-state index in [1.165, 1.54) is 0 Å². The SMILES string of the molecule is c1ccc(-c2nnc3oc(-c4ccco4)nn23)cc1. The molecule has 3 heterocycles. The van der Waals surface area contributed by atoms with Gasteiger partial charge in [-0.05, 0) is 12.1 Å². The molecule has 0 N–H and O–H groups in total. The maximum Gasteiger partial charge on any atom is 0.346 e. The van der Waals surface area contributed by atoms with Crippen molar-refractivity contribution in [1.29, 1.82) is 0 Å². The molecule has 4 rings (SSSR count). The third kappa shape index (κ3) is 1.54. The number of benzene rings is 1. The molecule has 0 aliphatic heterocycles. The lowest BCUT2D eigenvalue weighted by Gasteiger charge is -1.93. The van der Waals surface area contributed by atoms with E-state index >= 15 is 0 Å². The summed E-state index contributed by atoms with van der Waals surface area (Å²) < 4.78 is 12.3. The molecule has 92 valence electrons. The topological polar surface area (TPSA) is 69.4 Å². The number of nitrogens with zero attached hydrogens (tertiary/aromatic N) is 4. The number of furan rings is 1. The van der Waals surface area contributed by atoms with E-state index in [0.29, 0.717) is 23.3 Å². The van der Waals surface area contributed by atoms with E-state index in [0.717, 1.165) is 5.56 Å². The maximum absolute atomic E-state index is 5.50. The Kier molecular flexibility index (Phi) is 2.02. The van der Waals surface area contributed by atoms with Gasteiger partial charge in [0.1, 0.15) is 0 Å². The zero-order valence-electron chi connectivity index (χ0n) is 9.72. The fraction of sp³-hybridized carbons (Fsp3) is 0. The monoisotopic (exact) mass is 252 g/mol. The van der Waals surface area contributed by atoms with Crippen LogP contribution in [0.2, 0.25) is 0 Å². The second-order valence-electron chi connectivity index (χ2n) is 3.97. The molecule has 0 fully saturated rings. The van der Waals surface area contributed by atoms with Crippen LogP contribution in [0.5, 0.6) is 0 Å². The van der Waals surface area contributed by atoms with Gasteiger partial charge in [-0.3, -0.25) is 0 Å². The largest absolute Gasteiger partial charge is 0.459 e. The van der Waals surface area contributed by atoms with Crippen molar-refractivity contribution in [3.05, 3.63) is 48.7 Å². The van der Waals surface area contributed by atoms with Gasteiger partial charge in [0, 0.05) is 5.56 Å². The van der Waals surface area contributed by atoms with Gasteiger partial charge in [-0.1, -0.05) is 35.4 Å². The Bertz CT molecular complexity index is 815. The van der Waals surface area contributed by atoms with E-state index in [1.54, 1.807) is 22.9 Å². The minimum Gasteiger partial charge on any atom is -0.459 e. The van der Waals surface area contributed by atoms with Crippen molar-refractivity contribution in [2.75, 3.05) is 0 Å². The fourth-order valence-corrected chi connectivity index (χ4v) is 1.88. The first kappa shape index (κ1) is 10.1. The smallest absolute Gasteiger partial charge is 0.346 e. The van der Waals surface area contributed by atoms with Crippen molar-refractivity contribution in [1.82, 2.24) is 19.8 Å². The predicted molar refractivity (Wildman–Crippen MR) is 66.2 cm³/mol. The molecule has 0 bridgehead atoms. The molecule has 6 nitrogen and oxygen atoms in total. The highest BCUT2D eigenvalue weighted by atomic mass is 16.4. The number of fused-ring (bicyclic) bond motifs is 1. The minimum absolute atomic E-state index is 0.338. The first-order valence-corrected chi connectivity index (χ1v) is 5.73. The average molecular weight is 252 g/mol. The minimum atomic E-state index is 0.338. The van der Waals surface area contributed by atoms with Crippen molar-refractivity contribution >= 4 is 5.84 Å². The molecule has 4 aromatic rings. The molecular weight excluding hydrogens is 244 g/mol. The average Bonchev–Trinajstić information content (AvgIpc) is 3.15. The molecule has 0 atom stereocenters. The van der Waals surface area contributed by atoms with Crippen LogP contribution in [0.1, 0.15) is 0 Å². The van der Waals surface area contributed by atoms with Crippen molar-refractivity contribution < 1.29 is 8.83 Å². The van der Waals surface area contributed by atoms with Crippen molar-refractivity contribution in [3.8, 4) is 23.0 Å². The highest BCUT2D eigenvalue weighted by molar-refractivity contribution is 5.57. The Morgan fingerprint density at radius 1 is 0.947 bits per heavy atom. The first-order chi connectivity index (χ1) is 9.42. The Hall–Kier alpha value is -2.89. The lowest BCUT2D eigenvalue weighted by Crippen LogP contribution is -1.90. The zero-order chi connectivity index (χ0) is 12.7. The van der Waals surface area contributed by atoms with E-state index in [1.807, 2.05) is 30.3 Å². The van der Waals surface area contributed by atoms with Gasteiger partial charge in [0.05, 0.1) is 6.26 Å². The summed E-state index contributed by atoms with van der Waals surface area (Å²) in [7, 11) is 0. The molecule has 0 radical (unpaired) electrons. The van der Waals surface area contributed by atoms with Gasteiger partial charge in [0.2, 0.25) is 0 Å². The molecule has 0 aliphatic rings. The van der Waals surface area contributed by atoms with Crippen molar-refractivity contribution in [2.24, 2.45) is 0 Å². The van der Waals surface area contributed by atoms with Crippen molar-refractivity contribution in [3.63, 3.8) is 0 Å². The summed E-state index contributed by atoms with van der Waals surface area (Å²) in [6.45, 7) is 0. The number of rotatable bonds is 2. The van der Waals surface area contributed by atoms with Crippen LogP contribution in [0.3, 0.4) is 0 Å². The molecular formula is C13H8N4O2. The van der Waals surface area contributed by atoms with Crippen molar-refractivity contribution in [2.45, 2.75) is 0 Å². The molecule has 0 aliphatic carbocycles. The molecule has 0 saturated heterocycles. The van der Waals surface area contributed by atoms with Gasteiger partial charge < -0.3 is 8.83 Å². The van der Waals surface area contributed by atoms with Gasteiger partial charge in [-0.15, -0.1) is 10.2 Å². The second-order valence-corrected chi connectivity index (χ2v) is 3.97. The number of hydrogen-bond donors (Lipinski definition) is 0. The molecule has 1 aromatic carbocycles.